The van der Waals surface area contributed by atoms with E-state index in [9.17, 15) is 14.4 Å². The molecule has 3 amide bonds. The van der Waals surface area contributed by atoms with Gasteiger partial charge >= 0.3 is 0 Å². The van der Waals surface area contributed by atoms with Gasteiger partial charge in [-0.1, -0.05) is 18.2 Å². The van der Waals surface area contributed by atoms with Crippen LogP contribution >= 0.6 is 11.3 Å². The molecule has 0 bridgehead atoms. The first-order valence-electron chi connectivity index (χ1n) is 8.20. The van der Waals surface area contributed by atoms with Crippen LogP contribution in [-0.4, -0.2) is 40.8 Å². The van der Waals surface area contributed by atoms with Crippen LogP contribution in [0.1, 0.15) is 10.5 Å². The van der Waals surface area contributed by atoms with Gasteiger partial charge in [-0.2, -0.15) is 0 Å². The molecule has 2 heterocycles. The molecule has 144 valence electrons. The molecule has 0 saturated heterocycles. The van der Waals surface area contributed by atoms with E-state index < -0.39 is 17.7 Å². The smallest absolute Gasteiger partial charge is 0.265 e. The van der Waals surface area contributed by atoms with Crippen LogP contribution in [0.4, 0.5) is 5.13 Å². The topological polar surface area (TPSA) is 139 Å². The van der Waals surface area contributed by atoms with Crippen molar-refractivity contribution in [3.8, 4) is 17.0 Å². The van der Waals surface area contributed by atoms with E-state index in [0.717, 1.165) is 0 Å². The normalized spacial score (nSPS) is 10.3. The molecule has 2 aromatic heterocycles. The van der Waals surface area contributed by atoms with Gasteiger partial charge in [-0.3, -0.25) is 14.4 Å². The Labute approximate surface area is 163 Å². The van der Waals surface area contributed by atoms with Crippen molar-refractivity contribution in [1.82, 2.24) is 15.3 Å². The summed E-state index contributed by atoms with van der Waals surface area (Å²) in [6.07, 6.45) is 1.60. The molecule has 28 heavy (non-hydrogen) atoms. The number of ether oxygens (including phenoxy) is 1. The highest BCUT2D eigenvalue weighted by atomic mass is 32.1. The Morgan fingerprint density at radius 2 is 1.96 bits per heavy atom. The number of anilines is 1. The van der Waals surface area contributed by atoms with Gasteiger partial charge in [-0.05, 0) is 18.2 Å². The summed E-state index contributed by atoms with van der Waals surface area (Å²) in [5, 5.41) is 7.18. The Morgan fingerprint density at radius 3 is 2.68 bits per heavy atom. The number of benzene rings is 1. The number of hydrogen-bond acceptors (Lipinski definition) is 6. The average molecular weight is 399 g/mol. The van der Waals surface area contributed by atoms with Crippen LogP contribution in [0.25, 0.3) is 11.3 Å². The van der Waals surface area contributed by atoms with Gasteiger partial charge in [0, 0.05) is 17.1 Å². The summed E-state index contributed by atoms with van der Waals surface area (Å²) in [7, 11) is 0. The first-order chi connectivity index (χ1) is 13.5. The fourth-order valence-electron chi connectivity index (χ4n) is 2.21. The fraction of sp³-hybridized carbons (Fsp3) is 0.111. The number of amides is 3. The summed E-state index contributed by atoms with van der Waals surface area (Å²) >= 11 is 1.22. The standard InChI is InChI=1S/C18H17N5O4S/c19-17(26)13-6-11(7-20-13)14-10-28-18(22-14)23-15(24)8-21-16(25)9-27-12-4-2-1-3-5-12/h1-7,10,20H,8-9H2,(H2,19,26)(H,21,25)(H,22,23,24). The summed E-state index contributed by atoms with van der Waals surface area (Å²) in [4.78, 5) is 41.9. The molecule has 1 aromatic carbocycles. The summed E-state index contributed by atoms with van der Waals surface area (Å²) in [6.45, 7) is -0.393. The lowest BCUT2D eigenvalue weighted by Crippen LogP contribution is -2.35. The zero-order valence-corrected chi connectivity index (χ0v) is 15.4. The Morgan fingerprint density at radius 1 is 1.18 bits per heavy atom. The summed E-state index contributed by atoms with van der Waals surface area (Å²) < 4.78 is 5.30. The van der Waals surface area contributed by atoms with Crippen LogP contribution in [0, 0.1) is 0 Å². The minimum absolute atomic E-state index is 0.186. The van der Waals surface area contributed by atoms with Gasteiger partial charge < -0.3 is 26.1 Å². The van der Waals surface area contributed by atoms with Crippen molar-refractivity contribution >= 4 is 34.2 Å². The number of para-hydroxylation sites is 1. The molecule has 0 atom stereocenters. The van der Waals surface area contributed by atoms with Crippen LogP contribution in [0.2, 0.25) is 0 Å². The Bertz CT molecular complexity index is 983. The number of aromatic nitrogens is 2. The second-order valence-corrected chi connectivity index (χ2v) is 6.49. The van der Waals surface area contributed by atoms with Gasteiger partial charge in [-0.15, -0.1) is 11.3 Å². The maximum absolute atomic E-state index is 12.0. The molecule has 5 N–H and O–H groups in total. The van der Waals surface area contributed by atoms with Gasteiger partial charge in [0.15, 0.2) is 11.7 Å². The van der Waals surface area contributed by atoms with Crippen molar-refractivity contribution in [2.24, 2.45) is 5.73 Å². The number of thiazole rings is 1. The fourth-order valence-corrected chi connectivity index (χ4v) is 2.94. The van der Waals surface area contributed by atoms with Gasteiger partial charge in [0.2, 0.25) is 5.91 Å². The third-order valence-electron chi connectivity index (χ3n) is 3.55. The van der Waals surface area contributed by atoms with E-state index in [1.54, 1.807) is 41.9 Å². The minimum Gasteiger partial charge on any atom is -0.484 e. The van der Waals surface area contributed by atoms with Crippen molar-refractivity contribution in [3.63, 3.8) is 0 Å². The molecule has 0 aliphatic heterocycles. The zero-order chi connectivity index (χ0) is 19.9. The number of carbonyl (C=O) groups is 3. The Kier molecular flexibility index (Phi) is 6.02. The monoisotopic (exact) mass is 399 g/mol. The van der Waals surface area contributed by atoms with Crippen molar-refractivity contribution in [3.05, 3.63) is 53.7 Å². The third kappa shape index (κ3) is 5.17. The van der Waals surface area contributed by atoms with Crippen LogP contribution in [-0.2, 0) is 9.59 Å². The molecule has 9 nitrogen and oxygen atoms in total. The van der Waals surface area contributed by atoms with Crippen molar-refractivity contribution in [2.45, 2.75) is 0 Å². The SMILES string of the molecule is NC(=O)c1cc(-c2csc(NC(=O)CNC(=O)COc3ccccc3)n2)c[nH]1. The quantitative estimate of drug-likeness (QED) is 0.453. The summed E-state index contributed by atoms with van der Waals surface area (Å²) in [5.41, 5.74) is 6.74. The number of carbonyl (C=O) groups excluding carboxylic acids is 3. The molecular weight excluding hydrogens is 382 g/mol. The summed E-state index contributed by atoms with van der Waals surface area (Å²) in [5.74, 6) is -0.824. The van der Waals surface area contributed by atoms with Crippen LogP contribution in [0.15, 0.2) is 48.0 Å². The van der Waals surface area contributed by atoms with Gasteiger partial charge in [-0.25, -0.2) is 4.98 Å². The number of hydrogen-bond donors (Lipinski definition) is 4. The molecular formula is C18H17N5O4S. The second kappa shape index (κ2) is 8.82. The van der Waals surface area contributed by atoms with E-state index in [1.807, 2.05) is 6.07 Å². The van der Waals surface area contributed by atoms with Crippen molar-refractivity contribution < 1.29 is 19.1 Å². The number of H-pyrrole nitrogens is 1. The molecule has 0 fully saturated rings. The Balaban J connectivity index is 1.45. The predicted molar refractivity (Wildman–Crippen MR) is 104 cm³/mol. The number of nitrogens with two attached hydrogens (primary N) is 1. The van der Waals surface area contributed by atoms with Crippen molar-refractivity contribution in [1.29, 1.82) is 0 Å². The van der Waals surface area contributed by atoms with E-state index in [1.165, 1.54) is 11.3 Å². The molecule has 3 aromatic rings. The van der Waals surface area contributed by atoms with E-state index in [0.29, 0.717) is 22.1 Å². The van der Waals surface area contributed by atoms with E-state index in [4.69, 9.17) is 10.5 Å². The average Bonchev–Trinajstić information content (AvgIpc) is 3.35. The number of primary amides is 1. The van der Waals surface area contributed by atoms with E-state index in [-0.39, 0.29) is 18.8 Å². The van der Waals surface area contributed by atoms with Crippen LogP contribution in [0.3, 0.4) is 0 Å². The molecule has 0 saturated carbocycles. The number of aromatic amines is 1. The third-order valence-corrected chi connectivity index (χ3v) is 4.31. The largest absolute Gasteiger partial charge is 0.484 e. The molecule has 0 spiro atoms. The first-order valence-corrected chi connectivity index (χ1v) is 9.08. The maximum atomic E-state index is 12.0. The van der Waals surface area contributed by atoms with Crippen LogP contribution in [0.5, 0.6) is 5.75 Å². The lowest BCUT2D eigenvalue weighted by atomic mass is 10.2. The Hall–Kier alpha value is -3.66. The first kappa shape index (κ1) is 19.1. The molecule has 0 radical (unpaired) electrons. The highest BCUT2D eigenvalue weighted by Crippen LogP contribution is 2.25. The second-order valence-electron chi connectivity index (χ2n) is 5.63. The molecule has 3 rings (SSSR count). The number of nitrogens with one attached hydrogen (secondary N) is 3. The lowest BCUT2D eigenvalue weighted by Gasteiger charge is -2.07. The molecule has 10 heteroatoms. The lowest BCUT2D eigenvalue weighted by molar-refractivity contribution is -0.125. The van der Waals surface area contributed by atoms with Crippen molar-refractivity contribution in [2.75, 3.05) is 18.5 Å². The highest BCUT2D eigenvalue weighted by Gasteiger charge is 2.12. The zero-order valence-electron chi connectivity index (χ0n) is 14.6. The van der Waals surface area contributed by atoms with E-state index in [2.05, 4.69) is 20.6 Å². The van der Waals surface area contributed by atoms with Gasteiger partial charge in [0.25, 0.3) is 11.8 Å². The number of rotatable bonds is 8. The number of nitrogens with zero attached hydrogens (tertiary/aromatic N) is 1. The molecule has 0 aliphatic carbocycles. The molecule has 0 unspecified atom stereocenters. The van der Waals surface area contributed by atoms with E-state index >= 15 is 0 Å². The predicted octanol–water partition coefficient (Wildman–Crippen LogP) is 1.37. The van der Waals surface area contributed by atoms with Gasteiger partial charge in [0.05, 0.1) is 12.2 Å². The van der Waals surface area contributed by atoms with Gasteiger partial charge in [0.1, 0.15) is 11.4 Å². The highest BCUT2D eigenvalue weighted by molar-refractivity contribution is 7.14. The minimum atomic E-state index is -0.568. The van der Waals surface area contributed by atoms with Crippen LogP contribution < -0.4 is 21.1 Å². The summed E-state index contributed by atoms with van der Waals surface area (Å²) in [6, 6.07) is 10.5. The maximum Gasteiger partial charge on any atom is 0.265 e. The molecule has 0 aliphatic rings.